The number of imidazole rings is 1. The maximum Gasteiger partial charge on any atom is 0.326 e. The van der Waals surface area contributed by atoms with E-state index in [1.807, 2.05) is 0 Å². The van der Waals surface area contributed by atoms with Crippen LogP contribution in [-0.2, 0) is 16.1 Å². The van der Waals surface area contributed by atoms with Crippen LogP contribution in [0.1, 0.15) is 12.7 Å². The maximum atomic E-state index is 12.2. The number of hydrogen-bond donors (Lipinski definition) is 0. The van der Waals surface area contributed by atoms with E-state index in [0.717, 1.165) is 0 Å². The lowest BCUT2D eigenvalue weighted by molar-refractivity contribution is -0.143. The van der Waals surface area contributed by atoms with Crippen LogP contribution in [-0.4, -0.2) is 26.5 Å². The molecule has 0 saturated heterocycles. The summed E-state index contributed by atoms with van der Waals surface area (Å²) in [5, 5.41) is 0. The number of halogens is 1. The van der Waals surface area contributed by atoms with Gasteiger partial charge in [0.25, 0.3) is 5.56 Å². The van der Waals surface area contributed by atoms with Crippen LogP contribution in [0.15, 0.2) is 21.8 Å². The van der Waals surface area contributed by atoms with Gasteiger partial charge in [0.2, 0.25) is 0 Å². The lowest BCUT2D eigenvalue weighted by Gasteiger charge is -2.06. The Bertz CT molecular complexity index is 659. The molecular formula is C11H12BrN3O3. The van der Waals surface area contributed by atoms with Gasteiger partial charge in [0.1, 0.15) is 22.5 Å². The van der Waals surface area contributed by atoms with Crippen molar-refractivity contribution in [1.82, 2.24) is 14.0 Å². The number of nitrogens with zero attached hydrogens (tertiary/aromatic N) is 3. The number of fused-ring (bicyclic) bond motifs is 1. The Hall–Kier alpha value is -1.63. The van der Waals surface area contributed by atoms with Crippen molar-refractivity contribution in [2.45, 2.75) is 20.4 Å². The Kier molecular flexibility index (Phi) is 3.51. The van der Waals surface area contributed by atoms with E-state index in [0.29, 0.717) is 22.6 Å². The lowest BCUT2D eigenvalue weighted by Crippen LogP contribution is -2.26. The average molecular weight is 314 g/mol. The molecule has 0 aliphatic carbocycles. The minimum atomic E-state index is -0.434. The standard InChI is InChI=1S/C11H12BrN3O3/c1-3-18-8(16)6-14-4-5-15-7(2)13-10(12)9(15)11(14)17/h4-5H,3,6H2,1-2H3. The fraction of sp³-hybridized carbons (Fsp3) is 0.364. The van der Waals surface area contributed by atoms with Gasteiger partial charge in [-0.2, -0.15) is 0 Å². The molecule has 0 bridgehead atoms. The van der Waals surface area contributed by atoms with Crippen molar-refractivity contribution in [3.05, 3.63) is 33.2 Å². The molecule has 2 heterocycles. The molecule has 6 nitrogen and oxygen atoms in total. The molecule has 0 saturated carbocycles. The van der Waals surface area contributed by atoms with E-state index in [9.17, 15) is 9.59 Å². The first-order chi connectivity index (χ1) is 8.54. The SMILES string of the molecule is CCOC(=O)Cn1ccn2c(C)nc(Br)c2c1=O. The van der Waals surface area contributed by atoms with Gasteiger partial charge in [-0.1, -0.05) is 0 Å². The highest BCUT2D eigenvalue weighted by Gasteiger charge is 2.13. The van der Waals surface area contributed by atoms with Gasteiger partial charge in [-0.05, 0) is 29.8 Å². The molecule has 18 heavy (non-hydrogen) atoms. The van der Waals surface area contributed by atoms with Gasteiger partial charge in [0, 0.05) is 12.4 Å². The fourth-order valence-corrected chi connectivity index (χ4v) is 2.32. The van der Waals surface area contributed by atoms with Crippen molar-refractivity contribution < 1.29 is 9.53 Å². The Labute approximate surface area is 111 Å². The third kappa shape index (κ3) is 2.17. The Morgan fingerprint density at radius 3 is 2.89 bits per heavy atom. The van der Waals surface area contributed by atoms with Crippen LogP contribution in [0, 0.1) is 6.92 Å². The van der Waals surface area contributed by atoms with Crippen molar-refractivity contribution in [2.75, 3.05) is 6.61 Å². The van der Waals surface area contributed by atoms with Crippen LogP contribution < -0.4 is 5.56 Å². The van der Waals surface area contributed by atoms with Crippen LogP contribution in [0.2, 0.25) is 0 Å². The highest BCUT2D eigenvalue weighted by molar-refractivity contribution is 9.10. The average Bonchev–Trinajstić information content (AvgIpc) is 2.59. The first kappa shape index (κ1) is 12.8. The van der Waals surface area contributed by atoms with Crippen LogP contribution in [0.5, 0.6) is 0 Å². The number of rotatable bonds is 3. The normalized spacial score (nSPS) is 10.8. The van der Waals surface area contributed by atoms with E-state index >= 15 is 0 Å². The molecule has 0 radical (unpaired) electrons. The number of aryl methyl sites for hydroxylation is 1. The van der Waals surface area contributed by atoms with Gasteiger partial charge in [-0.3, -0.25) is 14.0 Å². The largest absolute Gasteiger partial charge is 0.465 e. The molecule has 0 spiro atoms. The summed E-state index contributed by atoms with van der Waals surface area (Å²) < 4.78 is 8.27. The number of esters is 1. The van der Waals surface area contributed by atoms with Crippen LogP contribution in [0.25, 0.3) is 5.52 Å². The maximum absolute atomic E-state index is 12.2. The molecule has 2 rings (SSSR count). The second-order valence-electron chi connectivity index (χ2n) is 3.70. The molecule has 7 heteroatoms. The molecule has 0 aliphatic rings. The molecule has 2 aromatic heterocycles. The zero-order chi connectivity index (χ0) is 13.3. The predicted octanol–water partition coefficient (Wildman–Crippen LogP) is 1.13. The number of carbonyl (C=O) groups excluding carboxylic acids is 1. The molecule has 2 aromatic rings. The van der Waals surface area contributed by atoms with E-state index in [1.54, 1.807) is 30.6 Å². The van der Waals surface area contributed by atoms with Crippen molar-refractivity contribution in [3.63, 3.8) is 0 Å². The number of ether oxygens (including phenoxy) is 1. The van der Waals surface area contributed by atoms with Crippen molar-refractivity contribution >= 4 is 27.4 Å². The molecule has 0 N–H and O–H groups in total. The topological polar surface area (TPSA) is 65.6 Å². The Balaban J connectivity index is 2.48. The number of aromatic nitrogens is 3. The molecule has 0 aromatic carbocycles. The van der Waals surface area contributed by atoms with Crippen LogP contribution in [0.3, 0.4) is 0 Å². The van der Waals surface area contributed by atoms with Crippen molar-refractivity contribution in [1.29, 1.82) is 0 Å². The minimum Gasteiger partial charge on any atom is -0.465 e. The van der Waals surface area contributed by atoms with Gasteiger partial charge >= 0.3 is 5.97 Å². The Morgan fingerprint density at radius 2 is 2.22 bits per heavy atom. The second-order valence-corrected chi connectivity index (χ2v) is 4.46. The third-order valence-electron chi connectivity index (χ3n) is 2.51. The number of hydrogen-bond acceptors (Lipinski definition) is 4. The molecular weight excluding hydrogens is 302 g/mol. The zero-order valence-electron chi connectivity index (χ0n) is 10.0. The summed E-state index contributed by atoms with van der Waals surface area (Å²) in [6.45, 7) is 3.72. The first-order valence-electron chi connectivity index (χ1n) is 5.43. The molecule has 96 valence electrons. The summed E-state index contributed by atoms with van der Waals surface area (Å²) in [5.41, 5.74) is 0.136. The molecule has 0 atom stereocenters. The van der Waals surface area contributed by atoms with E-state index < -0.39 is 5.97 Å². The van der Waals surface area contributed by atoms with Crippen LogP contribution in [0.4, 0.5) is 0 Å². The Morgan fingerprint density at radius 1 is 1.50 bits per heavy atom. The summed E-state index contributed by atoms with van der Waals surface area (Å²) in [5.74, 6) is 0.272. The van der Waals surface area contributed by atoms with E-state index in [4.69, 9.17) is 4.74 Å². The number of carbonyl (C=O) groups is 1. The summed E-state index contributed by atoms with van der Waals surface area (Å²) in [7, 11) is 0. The molecule has 0 unspecified atom stereocenters. The fourth-order valence-electron chi connectivity index (χ4n) is 1.70. The van der Waals surface area contributed by atoms with Crippen molar-refractivity contribution in [2.24, 2.45) is 0 Å². The van der Waals surface area contributed by atoms with Crippen molar-refractivity contribution in [3.8, 4) is 0 Å². The molecule has 0 amide bonds. The summed E-state index contributed by atoms with van der Waals surface area (Å²) in [6, 6.07) is 0. The smallest absolute Gasteiger partial charge is 0.326 e. The first-order valence-corrected chi connectivity index (χ1v) is 6.23. The van der Waals surface area contributed by atoms with Crippen LogP contribution >= 0.6 is 15.9 Å². The summed E-state index contributed by atoms with van der Waals surface area (Å²) in [6.07, 6.45) is 3.25. The van der Waals surface area contributed by atoms with E-state index in [1.165, 1.54) is 4.57 Å². The van der Waals surface area contributed by atoms with E-state index in [-0.39, 0.29) is 12.1 Å². The van der Waals surface area contributed by atoms with Gasteiger partial charge in [-0.25, -0.2) is 4.98 Å². The second kappa shape index (κ2) is 4.93. The van der Waals surface area contributed by atoms with Gasteiger partial charge in [0.15, 0.2) is 0 Å². The predicted molar refractivity (Wildman–Crippen MR) is 68.5 cm³/mol. The monoisotopic (exact) mass is 313 g/mol. The highest BCUT2D eigenvalue weighted by atomic mass is 79.9. The molecule has 0 fully saturated rings. The zero-order valence-corrected chi connectivity index (χ0v) is 11.6. The molecule has 0 aliphatic heterocycles. The highest BCUT2D eigenvalue weighted by Crippen LogP contribution is 2.14. The quantitative estimate of drug-likeness (QED) is 0.797. The van der Waals surface area contributed by atoms with E-state index in [2.05, 4.69) is 20.9 Å². The third-order valence-corrected chi connectivity index (χ3v) is 3.06. The van der Waals surface area contributed by atoms with Gasteiger partial charge < -0.3 is 9.30 Å². The van der Waals surface area contributed by atoms with Gasteiger partial charge in [0.05, 0.1) is 6.61 Å². The summed E-state index contributed by atoms with van der Waals surface area (Å²) >= 11 is 3.24. The minimum absolute atomic E-state index is 0.0974. The summed E-state index contributed by atoms with van der Waals surface area (Å²) in [4.78, 5) is 27.7. The lowest BCUT2D eigenvalue weighted by atomic mass is 10.5. The van der Waals surface area contributed by atoms with Gasteiger partial charge in [-0.15, -0.1) is 0 Å².